The Bertz CT molecular complexity index is 516. The summed E-state index contributed by atoms with van der Waals surface area (Å²) in [5, 5.41) is 2.63. The van der Waals surface area contributed by atoms with Crippen molar-refractivity contribution >= 4 is 17.8 Å². The Labute approximate surface area is 122 Å². The molecule has 1 aliphatic rings. The third-order valence-corrected chi connectivity index (χ3v) is 3.17. The van der Waals surface area contributed by atoms with E-state index in [2.05, 4.69) is 5.32 Å². The summed E-state index contributed by atoms with van der Waals surface area (Å²) in [4.78, 5) is 26.7. The van der Waals surface area contributed by atoms with E-state index in [0.717, 1.165) is 0 Å². The fourth-order valence-electron chi connectivity index (χ4n) is 2.08. The highest BCUT2D eigenvalue weighted by molar-refractivity contribution is 5.89. The number of ether oxygens (including phenoxy) is 1. The molecule has 1 aliphatic heterocycles. The lowest BCUT2D eigenvalue weighted by Gasteiger charge is -2.33. The molecule has 3 amide bonds. The Hall–Kier alpha value is -2.31. The Morgan fingerprint density at radius 2 is 1.90 bits per heavy atom. The van der Waals surface area contributed by atoms with Crippen molar-refractivity contribution in [2.45, 2.75) is 6.92 Å². The monoisotopic (exact) mass is 295 g/mol. The molecule has 1 heterocycles. The standard InChI is InChI=1S/C14H18FN3O3/c1-2-21-14(20)18-8-6-17(7-9-18)13(19)16-12-5-3-4-11(15)10-12/h3-5,10H,2,6-9H2,1H3,(H,16,19). The van der Waals surface area contributed by atoms with E-state index in [-0.39, 0.29) is 12.1 Å². The number of hydrogen-bond donors (Lipinski definition) is 1. The largest absolute Gasteiger partial charge is 0.450 e. The first-order valence-corrected chi connectivity index (χ1v) is 6.83. The quantitative estimate of drug-likeness (QED) is 0.909. The minimum atomic E-state index is -0.403. The minimum Gasteiger partial charge on any atom is -0.450 e. The number of carbonyl (C=O) groups is 2. The van der Waals surface area contributed by atoms with Gasteiger partial charge in [0, 0.05) is 31.9 Å². The smallest absolute Gasteiger partial charge is 0.409 e. The number of halogens is 1. The number of benzene rings is 1. The summed E-state index contributed by atoms with van der Waals surface area (Å²) in [5.74, 6) is -0.403. The maximum atomic E-state index is 13.0. The predicted molar refractivity (Wildman–Crippen MR) is 75.6 cm³/mol. The second-order valence-electron chi connectivity index (χ2n) is 4.61. The van der Waals surface area contributed by atoms with Gasteiger partial charge < -0.3 is 19.9 Å². The van der Waals surface area contributed by atoms with Gasteiger partial charge in [-0.05, 0) is 25.1 Å². The zero-order valence-corrected chi connectivity index (χ0v) is 11.8. The number of carbonyl (C=O) groups excluding carboxylic acids is 2. The lowest BCUT2D eigenvalue weighted by Crippen LogP contribution is -2.51. The van der Waals surface area contributed by atoms with Gasteiger partial charge in [-0.3, -0.25) is 0 Å². The zero-order chi connectivity index (χ0) is 15.2. The van der Waals surface area contributed by atoms with Crippen LogP contribution < -0.4 is 5.32 Å². The SMILES string of the molecule is CCOC(=O)N1CCN(C(=O)Nc2cccc(F)c2)CC1. The second-order valence-corrected chi connectivity index (χ2v) is 4.61. The maximum Gasteiger partial charge on any atom is 0.409 e. The number of piperazine rings is 1. The van der Waals surface area contributed by atoms with Crippen molar-refractivity contribution < 1.29 is 18.7 Å². The van der Waals surface area contributed by atoms with E-state index in [1.807, 2.05) is 0 Å². The number of amides is 3. The van der Waals surface area contributed by atoms with Gasteiger partial charge in [0.15, 0.2) is 0 Å². The van der Waals surface area contributed by atoms with Gasteiger partial charge in [0.2, 0.25) is 0 Å². The van der Waals surface area contributed by atoms with Crippen molar-refractivity contribution in [3.8, 4) is 0 Å². The van der Waals surface area contributed by atoms with Gasteiger partial charge in [0.05, 0.1) is 6.61 Å². The van der Waals surface area contributed by atoms with E-state index in [1.165, 1.54) is 18.2 Å². The van der Waals surface area contributed by atoms with Gasteiger partial charge in [-0.1, -0.05) is 6.07 Å². The van der Waals surface area contributed by atoms with Crippen LogP contribution in [0.15, 0.2) is 24.3 Å². The average molecular weight is 295 g/mol. The molecule has 0 radical (unpaired) electrons. The Morgan fingerprint density at radius 1 is 1.24 bits per heavy atom. The average Bonchev–Trinajstić information content (AvgIpc) is 2.47. The van der Waals surface area contributed by atoms with Crippen LogP contribution in [-0.4, -0.2) is 54.7 Å². The van der Waals surface area contributed by atoms with Crippen molar-refractivity contribution in [3.63, 3.8) is 0 Å². The van der Waals surface area contributed by atoms with E-state index < -0.39 is 5.82 Å². The molecule has 6 nitrogen and oxygen atoms in total. The zero-order valence-electron chi connectivity index (χ0n) is 11.8. The van der Waals surface area contributed by atoms with Crippen molar-refractivity contribution in [3.05, 3.63) is 30.1 Å². The van der Waals surface area contributed by atoms with Crippen LogP contribution >= 0.6 is 0 Å². The summed E-state index contributed by atoms with van der Waals surface area (Å²) in [6, 6.07) is 5.42. The molecule has 0 saturated carbocycles. The first-order chi connectivity index (χ1) is 10.1. The lowest BCUT2D eigenvalue weighted by molar-refractivity contribution is 0.0868. The fourth-order valence-corrected chi connectivity index (χ4v) is 2.08. The minimum absolute atomic E-state index is 0.302. The van der Waals surface area contributed by atoms with Gasteiger partial charge >= 0.3 is 12.1 Å². The third-order valence-electron chi connectivity index (χ3n) is 3.17. The van der Waals surface area contributed by atoms with Gasteiger partial charge in [-0.25, -0.2) is 14.0 Å². The van der Waals surface area contributed by atoms with Crippen LogP contribution in [-0.2, 0) is 4.74 Å². The molecule has 0 bridgehead atoms. The molecule has 21 heavy (non-hydrogen) atoms. The van der Waals surface area contributed by atoms with Crippen molar-refractivity contribution in [1.29, 1.82) is 0 Å². The summed E-state index contributed by atoms with van der Waals surface area (Å²) in [7, 11) is 0. The van der Waals surface area contributed by atoms with E-state index in [1.54, 1.807) is 22.8 Å². The molecule has 7 heteroatoms. The molecule has 1 aromatic carbocycles. The van der Waals surface area contributed by atoms with Crippen molar-refractivity contribution in [1.82, 2.24) is 9.80 Å². The maximum absolute atomic E-state index is 13.0. The molecule has 0 aliphatic carbocycles. The Morgan fingerprint density at radius 3 is 2.52 bits per heavy atom. The van der Waals surface area contributed by atoms with Crippen molar-refractivity contribution in [2.24, 2.45) is 0 Å². The van der Waals surface area contributed by atoms with Crippen LogP contribution in [0.25, 0.3) is 0 Å². The molecule has 1 aromatic rings. The summed E-state index contributed by atoms with van der Waals surface area (Å²) in [6.07, 6.45) is -0.359. The van der Waals surface area contributed by atoms with Gasteiger partial charge in [0.1, 0.15) is 5.82 Å². The van der Waals surface area contributed by atoms with Crippen LogP contribution in [0.4, 0.5) is 19.7 Å². The Balaban J connectivity index is 1.84. The van der Waals surface area contributed by atoms with Crippen LogP contribution in [0.1, 0.15) is 6.92 Å². The highest BCUT2D eigenvalue weighted by Crippen LogP contribution is 2.11. The fraction of sp³-hybridized carbons (Fsp3) is 0.429. The number of anilines is 1. The number of nitrogens with one attached hydrogen (secondary N) is 1. The van der Waals surface area contributed by atoms with Crippen LogP contribution in [0.3, 0.4) is 0 Å². The normalized spacial score (nSPS) is 14.8. The third kappa shape index (κ3) is 4.08. The van der Waals surface area contributed by atoms with E-state index in [4.69, 9.17) is 4.74 Å². The Kier molecular flexibility index (Phi) is 4.97. The van der Waals surface area contributed by atoms with E-state index in [0.29, 0.717) is 38.5 Å². The number of nitrogens with zero attached hydrogens (tertiary/aromatic N) is 2. The first-order valence-electron chi connectivity index (χ1n) is 6.83. The summed E-state index contributed by atoms with van der Waals surface area (Å²) < 4.78 is 18.0. The van der Waals surface area contributed by atoms with Gasteiger partial charge in [0.25, 0.3) is 0 Å². The molecule has 0 aromatic heterocycles. The first kappa shape index (κ1) is 15.1. The van der Waals surface area contributed by atoms with Crippen molar-refractivity contribution in [2.75, 3.05) is 38.1 Å². The number of rotatable bonds is 2. The lowest BCUT2D eigenvalue weighted by atomic mass is 10.3. The summed E-state index contributed by atoms with van der Waals surface area (Å²) >= 11 is 0. The van der Waals surface area contributed by atoms with E-state index in [9.17, 15) is 14.0 Å². The highest BCUT2D eigenvalue weighted by Gasteiger charge is 2.24. The molecule has 114 valence electrons. The highest BCUT2D eigenvalue weighted by atomic mass is 19.1. The molecular weight excluding hydrogens is 277 g/mol. The molecule has 1 fully saturated rings. The second kappa shape index (κ2) is 6.92. The number of urea groups is 1. The van der Waals surface area contributed by atoms with Gasteiger partial charge in [-0.2, -0.15) is 0 Å². The molecule has 1 saturated heterocycles. The van der Waals surface area contributed by atoms with Crippen LogP contribution in [0, 0.1) is 5.82 Å². The topological polar surface area (TPSA) is 61.9 Å². The molecule has 0 unspecified atom stereocenters. The number of hydrogen-bond acceptors (Lipinski definition) is 3. The molecular formula is C14H18FN3O3. The predicted octanol–water partition coefficient (Wildman–Crippen LogP) is 2.13. The van der Waals surface area contributed by atoms with Crippen LogP contribution in [0.5, 0.6) is 0 Å². The molecule has 1 N–H and O–H groups in total. The van der Waals surface area contributed by atoms with Gasteiger partial charge in [-0.15, -0.1) is 0 Å². The molecule has 2 rings (SSSR count). The molecule has 0 atom stereocenters. The molecule has 0 spiro atoms. The van der Waals surface area contributed by atoms with E-state index >= 15 is 0 Å². The van der Waals surface area contributed by atoms with Crippen LogP contribution in [0.2, 0.25) is 0 Å². The summed E-state index contributed by atoms with van der Waals surface area (Å²) in [6.45, 7) is 3.77. The summed E-state index contributed by atoms with van der Waals surface area (Å²) in [5.41, 5.74) is 0.410.